The first-order chi connectivity index (χ1) is 6.91. The zero-order valence-electron chi connectivity index (χ0n) is 8.80. The van der Waals surface area contributed by atoms with E-state index in [9.17, 15) is 4.79 Å². The van der Waals surface area contributed by atoms with Crippen LogP contribution in [0.1, 0.15) is 19.4 Å². The summed E-state index contributed by atoms with van der Waals surface area (Å²) in [6.07, 6.45) is -0.497. The van der Waals surface area contributed by atoms with Crippen molar-refractivity contribution in [3.8, 4) is 5.75 Å². The van der Waals surface area contributed by atoms with Gasteiger partial charge in [0, 0.05) is 5.02 Å². The second-order valence-corrected chi connectivity index (χ2v) is 4.22. The molecule has 0 spiro atoms. The van der Waals surface area contributed by atoms with Crippen LogP contribution in [0.15, 0.2) is 12.1 Å². The maximum Gasteiger partial charge on any atom is 0.169 e. The van der Waals surface area contributed by atoms with E-state index in [0.717, 1.165) is 5.56 Å². The Morgan fingerprint density at radius 3 is 2.47 bits per heavy atom. The maximum absolute atomic E-state index is 11.0. The molecular weight excluding hydrogens is 235 g/mol. The monoisotopic (exact) mass is 246 g/mol. The summed E-state index contributed by atoms with van der Waals surface area (Å²) in [5, 5.41) is 1.00. The molecule has 0 amide bonds. The van der Waals surface area contributed by atoms with Crippen LogP contribution >= 0.6 is 23.2 Å². The van der Waals surface area contributed by atoms with Crippen molar-refractivity contribution in [3.05, 3.63) is 27.7 Å². The molecule has 0 bridgehead atoms. The summed E-state index contributed by atoms with van der Waals surface area (Å²) in [6.45, 7) is 5.01. The van der Waals surface area contributed by atoms with Gasteiger partial charge in [-0.15, -0.1) is 0 Å². The molecule has 0 fully saturated rings. The molecule has 2 nitrogen and oxygen atoms in total. The zero-order valence-corrected chi connectivity index (χ0v) is 10.3. The summed E-state index contributed by atoms with van der Waals surface area (Å²) in [5.41, 5.74) is 0.867. The molecule has 1 aromatic rings. The van der Waals surface area contributed by atoms with Gasteiger partial charge in [0.15, 0.2) is 11.9 Å². The fourth-order valence-electron chi connectivity index (χ4n) is 0.994. The lowest BCUT2D eigenvalue weighted by Crippen LogP contribution is -2.20. The number of hydrogen-bond acceptors (Lipinski definition) is 2. The van der Waals surface area contributed by atoms with Crippen LogP contribution in [-0.2, 0) is 4.79 Å². The summed E-state index contributed by atoms with van der Waals surface area (Å²) < 4.78 is 5.40. The molecule has 0 heterocycles. The summed E-state index contributed by atoms with van der Waals surface area (Å²) in [6, 6.07) is 3.34. The first-order valence-corrected chi connectivity index (χ1v) is 5.30. The average molecular weight is 247 g/mol. The van der Waals surface area contributed by atoms with Crippen molar-refractivity contribution in [2.75, 3.05) is 0 Å². The fourth-order valence-corrected chi connectivity index (χ4v) is 1.42. The Bertz CT molecular complexity index is 388. The molecule has 0 aliphatic rings. The van der Waals surface area contributed by atoms with Gasteiger partial charge in [-0.25, -0.2) is 0 Å². The van der Waals surface area contributed by atoms with Crippen molar-refractivity contribution in [1.82, 2.24) is 0 Å². The molecule has 82 valence electrons. The molecule has 1 aromatic carbocycles. The van der Waals surface area contributed by atoms with Crippen molar-refractivity contribution in [2.24, 2.45) is 0 Å². The number of benzene rings is 1. The van der Waals surface area contributed by atoms with Gasteiger partial charge in [0.05, 0.1) is 5.02 Å². The summed E-state index contributed by atoms with van der Waals surface area (Å²) in [4.78, 5) is 11.0. The first-order valence-electron chi connectivity index (χ1n) is 4.54. The number of halogens is 2. The minimum Gasteiger partial charge on any atom is -0.481 e. The molecule has 0 N–H and O–H groups in total. The highest BCUT2D eigenvalue weighted by molar-refractivity contribution is 6.36. The van der Waals surface area contributed by atoms with E-state index in [0.29, 0.717) is 15.8 Å². The first kappa shape index (κ1) is 12.3. The zero-order chi connectivity index (χ0) is 11.6. The van der Waals surface area contributed by atoms with E-state index in [1.807, 2.05) is 6.92 Å². The Balaban J connectivity index is 2.95. The molecule has 15 heavy (non-hydrogen) atoms. The van der Waals surface area contributed by atoms with Crippen molar-refractivity contribution in [2.45, 2.75) is 26.9 Å². The van der Waals surface area contributed by atoms with Gasteiger partial charge in [0.25, 0.3) is 0 Å². The summed E-state index contributed by atoms with van der Waals surface area (Å²) >= 11 is 11.8. The number of Topliss-reactive ketones (excluding diaryl/α,β-unsaturated/α-hetero) is 1. The molecule has 0 unspecified atom stereocenters. The van der Waals surface area contributed by atoms with Gasteiger partial charge < -0.3 is 4.74 Å². The van der Waals surface area contributed by atoms with Gasteiger partial charge in [-0.3, -0.25) is 4.79 Å². The molecule has 0 radical (unpaired) electrons. The lowest BCUT2D eigenvalue weighted by Gasteiger charge is -2.14. The van der Waals surface area contributed by atoms with Gasteiger partial charge in [-0.2, -0.15) is 0 Å². The molecule has 4 heteroatoms. The van der Waals surface area contributed by atoms with Crippen LogP contribution < -0.4 is 4.74 Å². The largest absolute Gasteiger partial charge is 0.481 e. The minimum absolute atomic E-state index is 0.0429. The van der Waals surface area contributed by atoms with Gasteiger partial charge in [-0.1, -0.05) is 23.2 Å². The Morgan fingerprint density at radius 2 is 1.93 bits per heavy atom. The highest BCUT2D eigenvalue weighted by Gasteiger charge is 2.12. The number of carbonyl (C=O) groups is 1. The smallest absolute Gasteiger partial charge is 0.169 e. The second kappa shape index (κ2) is 4.86. The van der Waals surface area contributed by atoms with E-state index >= 15 is 0 Å². The van der Waals surface area contributed by atoms with Gasteiger partial charge in [0.2, 0.25) is 0 Å². The predicted octanol–water partition coefficient (Wildman–Crippen LogP) is 3.66. The number of rotatable bonds is 3. The van der Waals surface area contributed by atoms with Crippen LogP contribution in [0.4, 0.5) is 0 Å². The molecule has 1 rings (SSSR count). The quantitative estimate of drug-likeness (QED) is 0.814. The van der Waals surface area contributed by atoms with E-state index in [4.69, 9.17) is 27.9 Å². The predicted molar refractivity (Wildman–Crippen MR) is 62.0 cm³/mol. The normalized spacial score (nSPS) is 12.3. The SMILES string of the molecule is CC(=O)[C@H](C)Oc1cc(C)c(Cl)cc1Cl. The highest BCUT2D eigenvalue weighted by Crippen LogP contribution is 2.31. The Kier molecular flexibility index (Phi) is 4.00. The fraction of sp³-hybridized carbons (Fsp3) is 0.364. The topological polar surface area (TPSA) is 26.3 Å². The Labute approximate surface area is 99.1 Å². The van der Waals surface area contributed by atoms with Crippen molar-refractivity contribution < 1.29 is 9.53 Å². The van der Waals surface area contributed by atoms with Crippen LogP contribution in [0.2, 0.25) is 10.0 Å². The highest BCUT2D eigenvalue weighted by atomic mass is 35.5. The molecular formula is C11H12Cl2O2. The number of hydrogen-bond donors (Lipinski definition) is 0. The lowest BCUT2D eigenvalue weighted by molar-refractivity contribution is -0.122. The standard InChI is InChI=1S/C11H12Cl2O2/c1-6-4-11(10(13)5-9(6)12)15-8(3)7(2)14/h4-5,8H,1-3H3/t8-/m0/s1. The summed E-state index contributed by atoms with van der Waals surface area (Å²) in [7, 11) is 0. The van der Waals surface area contributed by atoms with Crippen LogP contribution in [-0.4, -0.2) is 11.9 Å². The molecule has 0 aliphatic heterocycles. The second-order valence-electron chi connectivity index (χ2n) is 3.40. The van der Waals surface area contributed by atoms with Gasteiger partial charge in [0.1, 0.15) is 5.75 Å². The molecule has 0 aliphatic carbocycles. The van der Waals surface area contributed by atoms with Crippen molar-refractivity contribution in [1.29, 1.82) is 0 Å². The summed E-state index contributed by atoms with van der Waals surface area (Å²) in [5.74, 6) is 0.444. The van der Waals surface area contributed by atoms with E-state index in [-0.39, 0.29) is 5.78 Å². The minimum atomic E-state index is -0.497. The number of aryl methyl sites for hydroxylation is 1. The third-order valence-corrected chi connectivity index (χ3v) is 2.79. The van der Waals surface area contributed by atoms with E-state index in [1.54, 1.807) is 19.1 Å². The lowest BCUT2D eigenvalue weighted by atomic mass is 10.2. The van der Waals surface area contributed by atoms with Crippen LogP contribution in [0.3, 0.4) is 0 Å². The van der Waals surface area contributed by atoms with Crippen LogP contribution in [0.5, 0.6) is 5.75 Å². The Hall–Kier alpha value is -0.730. The van der Waals surface area contributed by atoms with Crippen LogP contribution in [0, 0.1) is 6.92 Å². The number of ether oxygens (including phenoxy) is 1. The molecule has 1 atom stereocenters. The van der Waals surface area contributed by atoms with Gasteiger partial charge >= 0.3 is 0 Å². The van der Waals surface area contributed by atoms with Gasteiger partial charge in [-0.05, 0) is 38.5 Å². The van der Waals surface area contributed by atoms with Crippen molar-refractivity contribution in [3.63, 3.8) is 0 Å². The molecule has 0 saturated heterocycles. The molecule has 0 aromatic heterocycles. The van der Waals surface area contributed by atoms with Crippen molar-refractivity contribution >= 4 is 29.0 Å². The maximum atomic E-state index is 11.0. The van der Waals surface area contributed by atoms with E-state index in [1.165, 1.54) is 6.92 Å². The number of ketones is 1. The van der Waals surface area contributed by atoms with E-state index < -0.39 is 6.10 Å². The third-order valence-electron chi connectivity index (χ3n) is 2.09. The average Bonchev–Trinajstić information content (AvgIpc) is 2.13. The number of carbonyl (C=O) groups excluding carboxylic acids is 1. The van der Waals surface area contributed by atoms with Crippen LogP contribution in [0.25, 0.3) is 0 Å². The van der Waals surface area contributed by atoms with E-state index in [2.05, 4.69) is 0 Å². The molecule has 0 saturated carbocycles. The Morgan fingerprint density at radius 1 is 1.33 bits per heavy atom. The third kappa shape index (κ3) is 3.11.